The average molecular weight is 482 g/mol. The van der Waals surface area contributed by atoms with Crippen molar-refractivity contribution >= 4 is 49.6 Å². The summed E-state index contributed by atoms with van der Waals surface area (Å²) in [5, 5.41) is 11.0. The van der Waals surface area contributed by atoms with Gasteiger partial charge in [0.25, 0.3) is 5.56 Å². The number of aromatic nitrogens is 5. The van der Waals surface area contributed by atoms with Crippen LogP contribution in [0.5, 0.6) is 0 Å². The van der Waals surface area contributed by atoms with Gasteiger partial charge in [-0.1, -0.05) is 39.8 Å². The first-order valence-corrected chi connectivity index (χ1v) is 11.1. The van der Waals surface area contributed by atoms with Gasteiger partial charge in [0.15, 0.2) is 10.9 Å². The van der Waals surface area contributed by atoms with Gasteiger partial charge in [-0.25, -0.2) is 4.98 Å². The Balaban J connectivity index is 1.44. The topological polar surface area (TPSA) is 89.6 Å². The molecule has 0 aliphatic carbocycles. The molecule has 3 aromatic heterocycles. The second kappa shape index (κ2) is 7.73. The fourth-order valence-electron chi connectivity index (χ4n) is 3.32. The smallest absolute Gasteiger partial charge is 0.258 e. The molecule has 1 N–H and O–H groups in total. The van der Waals surface area contributed by atoms with E-state index in [2.05, 4.69) is 36.1 Å². The standard InChI is InChI=1S/C21H16BrN5O2S/c1-2-27-19(17-10-12-9-13(22)7-8-16(12)29-17)25-26-21(27)30-11-18-23-15-6-4-3-5-14(15)20(28)24-18/h3-10H,2,11H2,1H3,(H,23,24,28). The van der Waals surface area contributed by atoms with Gasteiger partial charge in [-0.3, -0.25) is 9.36 Å². The first kappa shape index (κ1) is 19.1. The molecule has 0 unspecified atom stereocenters. The summed E-state index contributed by atoms with van der Waals surface area (Å²) in [5.41, 5.74) is 1.34. The van der Waals surface area contributed by atoms with Gasteiger partial charge in [0.1, 0.15) is 11.4 Å². The number of hydrogen-bond acceptors (Lipinski definition) is 6. The lowest BCUT2D eigenvalue weighted by molar-refractivity contribution is 0.607. The molecular formula is C21H16BrN5O2S. The maximum Gasteiger partial charge on any atom is 0.258 e. The second-order valence-electron chi connectivity index (χ2n) is 6.66. The summed E-state index contributed by atoms with van der Waals surface area (Å²) in [4.78, 5) is 19.7. The third-order valence-corrected chi connectivity index (χ3v) is 6.20. The molecule has 150 valence electrons. The number of thioether (sulfide) groups is 1. The Kier molecular flexibility index (Phi) is 4.92. The van der Waals surface area contributed by atoms with Crippen LogP contribution in [0.4, 0.5) is 0 Å². The molecule has 0 bridgehead atoms. The molecule has 0 saturated carbocycles. The fraction of sp³-hybridized carbons (Fsp3) is 0.143. The number of para-hydroxylation sites is 1. The van der Waals surface area contributed by atoms with Crippen LogP contribution in [0, 0.1) is 0 Å². The minimum Gasteiger partial charge on any atom is -0.453 e. The SMILES string of the molecule is CCn1c(SCc2nc3ccccc3c(=O)[nH]2)nnc1-c1cc2cc(Br)ccc2o1. The first-order chi connectivity index (χ1) is 14.6. The predicted molar refractivity (Wildman–Crippen MR) is 121 cm³/mol. The number of rotatable bonds is 5. The fourth-order valence-corrected chi connectivity index (χ4v) is 4.57. The van der Waals surface area contributed by atoms with E-state index in [9.17, 15) is 4.79 Å². The summed E-state index contributed by atoms with van der Waals surface area (Å²) in [6.07, 6.45) is 0. The van der Waals surface area contributed by atoms with E-state index in [-0.39, 0.29) is 5.56 Å². The van der Waals surface area contributed by atoms with Crippen LogP contribution in [-0.2, 0) is 12.3 Å². The Bertz CT molecular complexity index is 1440. The summed E-state index contributed by atoms with van der Waals surface area (Å²) >= 11 is 4.96. The van der Waals surface area contributed by atoms with Crippen molar-refractivity contribution in [1.29, 1.82) is 0 Å². The van der Waals surface area contributed by atoms with E-state index in [0.29, 0.717) is 40.6 Å². The van der Waals surface area contributed by atoms with Crippen molar-refractivity contribution in [3.8, 4) is 11.6 Å². The average Bonchev–Trinajstić information content (AvgIpc) is 3.35. The highest BCUT2D eigenvalue weighted by atomic mass is 79.9. The van der Waals surface area contributed by atoms with Gasteiger partial charge < -0.3 is 9.40 Å². The van der Waals surface area contributed by atoms with Crippen LogP contribution in [0.3, 0.4) is 0 Å². The molecule has 0 radical (unpaired) electrons. The molecule has 3 heterocycles. The Morgan fingerprint density at radius 1 is 1.17 bits per heavy atom. The third-order valence-electron chi connectivity index (χ3n) is 4.73. The van der Waals surface area contributed by atoms with Crippen LogP contribution in [-0.4, -0.2) is 24.7 Å². The minimum absolute atomic E-state index is 0.137. The zero-order valence-corrected chi connectivity index (χ0v) is 18.3. The van der Waals surface area contributed by atoms with Gasteiger partial charge in [-0.2, -0.15) is 0 Å². The number of H-pyrrole nitrogens is 1. The summed E-state index contributed by atoms with van der Waals surface area (Å²) in [7, 11) is 0. The molecule has 0 spiro atoms. The maximum atomic E-state index is 12.3. The second-order valence-corrected chi connectivity index (χ2v) is 8.52. The predicted octanol–water partition coefficient (Wildman–Crippen LogP) is 5.00. The monoisotopic (exact) mass is 481 g/mol. The van der Waals surface area contributed by atoms with Crippen LogP contribution in [0.15, 0.2) is 67.4 Å². The summed E-state index contributed by atoms with van der Waals surface area (Å²) in [5.74, 6) is 2.42. The van der Waals surface area contributed by atoms with E-state index in [1.807, 2.05) is 54.0 Å². The van der Waals surface area contributed by atoms with Crippen molar-refractivity contribution < 1.29 is 4.42 Å². The zero-order chi connectivity index (χ0) is 20.7. The number of fused-ring (bicyclic) bond motifs is 2. The number of benzene rings is 2. The number of nitrogens with one attached hydrogen (secondary N) is 1. The summed E-state index contributed by atoms with van der Waals surface area (Å²) < 4.78 is 8.97. The molecule has 0 aliphatic heterocycles. The van der Waals surface area contributed by atoms with Crippen molar-refractivity contribution in [2.45, 2.75) is 24.4 Å². The van der Waals surface area contributed by atoms with Gasteiger partial charge in [-0.05, 0) is 43.3 Å². The van der Waals surface area contributed by atoms with E-state index in [1.54, 1.807) is 6.07 Å². The molecule has 2 aromatic carbocycles. The lowest BCUT2D eigenvalue weighted by Crippen LogP contribution is -2.11. The van der Waals surface area contributed by atoms with Crippen LogP contribution in [0.1, 0.15) is 12.7 Å². The molecule has 0 fully saturated rings. The largest absolute Gasteiger partial charge is 0.453 e. The van der Waals surface area contributed by atoms with Gasteiger partial charge in [0, 0.05) is 16.4 Å². The third kappa shape index (κ3) is 3.44. The molecule has 0 atom stereocenters. The maximum absolute atomic E-state index is 12.3. The Hall–Kier alpha value is -2.91. The van der Waals surface area contributed by atoms with Gasteiger partial charge in [0.2, 0.25) is 5.82 Å². The number of nitrogens with zero attached hydrogens (tertiary/aromatic N) is 4. The molecule has 7 nitrogen and oxygen atoms in total. The lowest BCUT2D eigenvalue weighted by atomic mass is 10.2. The Morgan fingerprint density at radius 3 is 2.90 bits per heavy atom. The van der Waals surface area contributed by atoms with Crippen molar-refractivity contribution in [3.05, 3.63) is 69.2 Å². The molecule has 5 aromatic rings. The van der Waals surface area contributed by atoms with E-state index in [4.69, 9.17) is 4.42 Å². The molecule has 0 aliphatic rings. The highest BCUT2D eigenvalue weighted by molar-refractivity contribution is 9.10. The lowest BCUT2D eigenvalue weighted by Gasteiger charge is -2.06. The van der Waals surface area contributed by atoms with Gasteiger partial charge in [0.05, 0.1) is 16.7 Å². The molecule has 5 rings (SSSR count). The molecular weight excluding hydrogens is 466 g/mol. The minimum atomic E-state index is -0.137. The molecule has 9 heteroatoms. The van der Waals surface area contributed by atoms with Gasteiger partial charge >= 0.3 is 0 Å². The highest BCUT2D eigenvalue weighted by Gasteiger charge is 2.17. The van der Waals surface area contributed by atoms with Crippen LogP contribution < -0.4 is 5.56 Å². The number of aromatic amines is 1. The molecule has 0 amide bonds. The van der Waals surface area contributed by atoms with Crippen LogP contribution >= 0.6 is 27.7 Å². The molecule has 0 saturated heterocycles. The Labute approximate surface area is 183 Å². The summed E-state index contributed by atoms with van der Waals surface area (Å²) in [6.45, 7) is 2.72. The van der Waals surface area contributed by atoms with E-state index >= 15 is 0 Å². The van der Waals surface area contributed by atoms with Crippen LogP contribution in [0.2, 0.25) is 0 Å². The van der Waals surface area contributed by atoms with Gasteiger partial charge in [-0.15, -0.1) is 10.2 Å². The van der Waals surface area contributed by atoms with E-state index < -0.39 is 0 Å². The normalized spacial score (nSPS) is 11.5. The Morgan fingerprint density at radius 2 is 2.03 bits per heavy atom. The van der Waals surface area contributed by atoms with Crippen molar-refractivity contribution in [2.75, 3.05) is 0 Å². The van der Waals surface area contributed by atoms with Crippen LogP contribution in [0.25, 0.3) is 33.5 Å². The number of furan rings is 1. The number of halogens is 1. The van der Waals surface area contributed by atoms with E-state index in [1.165, 1.54) is 11.8 Å². The van der Waals surface area contributed by atoms with E-state index in [0.717, 1.165) is 20.6 Å². The van der Waals surface area contributed by atoms with Crippen molar-refractivity contribution in [2.24, 2.45) is 0 Å². The quantitative estimate of drug-likeness (QED) is 0.355. The van der Waals surface area contributed by atoms with Crippen molar-refractivity contribution in [1.82, 2.24) is 24.7 Å². The summed E-state index contributed by atoms with van der Waals surface area (Å²) in [6, 6.07) is 15.1. The van der Waals surface area contributed by atoms with Crippen molar-refractivity contribution in [3.63, 3.8) is 0 Å². The molecule has 30 heavy (non-hydrogen) atoms. The zero-order valence-electron chi connectivity index (χ0n) is 15.9. The number of hydrogen-bond donors (Lipinski definition) is 1. The first-order valence-electron chi connectivity index (χ1n) is 9.36. The highest BCUT2D eigenvalue weighted by Crippen LogP contribution is 2.31.